The number of hydrogen-bond donors (Lipinski definition) is 1. The molecule has 0 aliphatic carbocycles. The first-order valence-electron chi connectivity index (χ1n) is 7.30. The average Bonchev–Trinajstić information content (AvgIpc) is 2.50. The van der Waals surface area contributed by atoms with E-state index in [2.05, 4.69) is 5.32 Å². The maximum Gasteiger partial charge on any atom is 0.260 e. The number of benzene rings is 1. The van der Waals surface area contributed by atoms with Gasteiger partial charge in [0.05, 0.1) is 13.7 Å². The van der Waals surface area contributed by atoms with Gasteiger partial charge < -0.3 is 19.7 Å². The highest BCUT2D eigenvalue weighted by Crippen LogP contribution is 2.16. The molecule has 0 fully saturated rings. The third-order valence-electron chi connectivity index (χ3n) is 2.94. The minimum Gasteiger partial charge on any atom is -0.497 e. The molecule has 6 nitrogen and oxygen atoms in total. The van der Waals surface area contributed by atoms with Gasteiger partial charge >= 0.3 is 0 Å². The number of ether oxygens (including phenoxy) is 2. The smallest absolute Gasteiger partial charge is 0.260 e. The van der Waals surface area contributed by atoms with Crippen LogP contribution in [0.3, 0.4) is 0 Å². The summed E-state index contributed by atoms with van der Waals surface area (Å²) in [6, 6.07) is 7.03. The molecular weight excluding hydrogens is 284 g/mol. The van der Waals surface area contributed by atoms with Crippen molar-refractivity contribution in [3.05, 3.63) is 24.3 Å². The monoisotopic (exact) mass is 308 g/mol. The van der Waals surface area contributed by atoms with Crippen molar-refractivity contribution in [2.75, 3.05) is 26.8 Å². The maximum absolute atomic E-state index is 12.1. The molecule has 0 aliphatic heterocycles. The lowest BCUT2D eigenvalue weighted by Gasteiger charge is -2.21. The molecule has 0 saturated heterocycles. The summed E-state index contributed by atoms with van der Waals surface area (Å²) in [7, 11) is 1.58. The lowest BCUT2D eigenvalue weighted by Crippen LogP contribution is -2.44. The van der Waals surface area contributed by atoms with Crippen LogP contribution in [0.1, 0.15) is 20.8 Å². The van der Waals surface area contributed by atoms with E-state index in [4.69, 9.17) is 9.47 Å². The van der Waals surface area contributed by atoms with E-state index in [-0.39, 0.29) is 31.0 Å². The second-order valence-corrected chi connectivity index (χ2v) is 5.09. The van der Waals surface area contributed by atoms with Crippen molar-refractivity contribution in [2.24, 2.45) is 0 Å². The van der Waals surface area contributed by atoms with Crippen molar-refractivity contribution in [1.29, 1.82) is 0 Å². The van der Waals surface area contributed by atoms with Gasteiger partial charge in [0.1, 0.15) is 11.5 Å². The summed E-state index contributed by atoms with van der Waals surface area (Å²) in [5, 5.41) is 2.76. The molecule has 2 amide bonds. The highest BCUT2D eigenvalue weighted by Gasteiger charge is 2.16. The molecule has 1 N–H and O–H groups in total. The molecule has 0 heterocycles. The lowest BCUT2D eigenvalue weighted by molar-refractivity contribution is -0.137. The summed E-state index contributed by atoms with van der Waals surface area (Å²) >= 11 is 0. The highest BCUT2D eigenvalue weighted by atomic mass is 16.5. The van der Waals surface area contributed by atoms with E-state index in [1.165, 1.54) is 4.90 Å². The fourth-order valence-electron chi connectivity index (χ4n) is 1.83. The summed E-state index contributed by atoms with van der Waals surface area (Å²) < 4.78 is 10.5. The topological polar surface area (TPSA) is 67.9 Å². The normalized spacial score (nSPS) is 10.2. The first-order valence-corrected chi connectivity index (χ1v) is 7.30. The number of carbonyl (C=O) groups excluding carboxylic acids is 2. The Balaban J connectivity index is 2.48. The minimum atomic E-state index is -0.225. The maximum atomic E-state index is 12.1. The number of nitrogens with one attached hydrogen (secondary N) is 1. The Labute approximate surface area is 131 Å². The number of nitrogens with zero attached hydrogens (tertiary/aromatic N) is 1. The summed E-state index contributed by atoms with van der Waals surface area (Å²) in [6.45, 7) is 5.98. The van der Waals surface area contributed by atoms with Crippen LogP contribution in [0.4, 0.5) is 0 Å². The van der Waals surface area contributed by atoms with E-state index < -0.39 is 0 Å². The standard InChI is InChI=1S/C16H24N2O4/c1-5-18(10-15(19)17-12(2)3)16(20)11-22-14-8-6-13(21-4)7-9-14/h6-9,12H,5,10-11H2,1-4H3,(H,17,19). The highest BCUT2D eigenvalue weighted by molar-refractivity contribution is 5.85. The van der Waals surface area contributed by atoms with Crippen LogP contribution in [0.5, 0.6) is 11.5 Å². The third-order valence-corrected chi connectivity index (χ3v) is 2.94. The first-order chi connectivity index (χ1) is 10.5. The Kier molecular flexibility index (Phi) is 7.22. The van der Waals surface area contributed by atoms with Crippen molar-refractivity contribution < 1.29 is 19.1 Å². The van der Waals surface area contributed by atoms with E-state index in [9.17, 15) is 9.59 Å². The number of likely N-dealkylation sites (N-methyl/N-ethyl adjacent to an activating group) is 1. The second-order valence-electron chi connectivity index (χ2n) is 5.09. The Morgan fingerprint density at radius 3 is 2.27 bits per heavy atom. The minimum absolute atomic E-state index is 0.0412. The van der Waals surface area contributed by atoms with E-state index in [1.807, 2.05) is 20.8 Å². The first kappa shape index (κ1) is 17.8. The quantitative estimate of drug-likeness (QED) is 0.789. The molecule has 22 heavy (non-hydrogen) atoms. The lowest BCUT2D eigenvalue weighted by atomic mass is 10.3. The summed E-state index contributed by atoms with van der Waals surface area (Å²) in [5.41, 5.74) is 0. The predicted molar refractivity (Wildman–Crippen MR) is 84.0 cm³/mol. The van der Waals surface area contributed by atoms with Gasteiger partial charge in [-0.3, -0.25) is 9.59 Å². The molecule has 0 saturated carbocycles. The molecule has 122 valence electrons. The Morgan fingerprint density at radius 2 is 1.77 bits per heavy atom. The van der Waals surface area contributed by atoms with Gasteiger partial charge in [0, 0.05) is 12.6 Å². The molecule has 0 aromatic heterocycles. The molecule has 0 spiro atoms. The summed E-state index contributed by atoms with van der Waals surface area (Å²) in [5.74, 6) is 0.905. The zero-order valence-electron chi connectivity index (χ0n) is 13.6. The molecule has 6 heteroatoms. The van der Waals surface area contributed by atoms with Crippen molar-refractivity contribution >= 4 is 11.8 Å². The zero-order chi connectivity index (χ0) is 16.5. The van der Waals surface area contributed by atoms with Crippen molar-refractivity contribution in [1.82, 2.24) is 10.2 Å². The third kappa shape index (κ3) is 6.03. The van der Waals surface area contributed by atoms with Gasteiger partial charge in [-0.1, -0.05) is 0 Å². The summed E-state index contributed by atoms with van der Waals surface area (Å²) in [6.07, 6.45) is 0. The van der Waals surface area contributed by atoms with Crippen LogP contribution in [0, 0.1) is 0 Å². The molecule has 0 radical (unpaired) electrons. The molecule has 1 aromatic carbocycles. The fraction of sp³-hybridized carbons (Fsp3) is 0.500. The number of hydrogen-bond acceptors (Lipinski definition) is 4. The van der Waals surface area contributed by atoms with Gasteiger partial charge in [0.25, 0.3) is 5.91 Å². The van der Waals surface area contributed by atoms with Crippen LogP contribution in [0.25, 0.3) is 0 Å². The molecule has 0 atom stereocenters. The van der Waals surface area contributed by atoms with Crippen LogP contribution < -0.4 is 14.8 Å². The molecule has 0 unspecified atom stereocenters. The van der Waals surface area contributed by atoms with E-state index in [0.29, 0.717) is 12.3 Å². The van der Waals surface area contributed by atoms with Crippen LogP contribution in [0.2, 0.25) is 0 Å². The van der Waals surface area contributed by atoms with Crippen LogP contribution in [-0.2, 0) is 9.59 Å². The van der Waals surface area contributed by atoms with Crippen LogP contribution in [-0.4, -0.2) is 49.6 Å². The largest absolute Gasteiger partial charge is 0.497 e. The molecule has 0 aliphatic rings. The van der Waals surface area contributed by atoms with Crippen molar-refractivity contribution in [3.63, 3.8) is 0 Å². The molecule has 1 aromatic rings. The van der Waals surface area contributed by atoms with Gasteiger partial charge in [-0.05, 0) is 45.0 Å². The van der Waals surface area contributed by atoms with E-state index >= 15 is 0 Å². The fourth-order valence-corrected chi connectivity index (χ4v) is 1.83. The van der Waals surface area contributed by atoms with Crippen LogP contribution in [0.15, 0.2) is 24.3 Å². The van der Waals surface area contributed by atoms with Gasteiger partial charge in [-0.25, -0.2) is 0 Å². The Bertz CT molecular complexity index is 485. The number of amides is 2. The van der Waals surface area contributed by atoms with Gasteiger partial charge in [-0.15, -0.1) is 0 Å². The summed E-state index contributed by atoms with van der Waals surface area (Å²) in [4.78, 5) is 25.3. The zero-order valence-corrected chi connectivity index (χ0v) is 13.6. The molecular formula is C16H24N2O4. The van der Waals surface area contributed by atoms with Gasteiger partial charge in [-0.2, -0.15) is 0 Å². The Hall–Kier alpha value is -2.24. The molecule has 1 rings (SSSR count). The number of carbonyl (C=O) groups is 2. The van der Waals surface area contributed by atoms with E-state index in [1.54, 1.807) is 31.4 Å². The van der Waals surface area contributed by atoms with E-state index in [0.717, 1.165) is 5.75 Å². The van der Waals surface area contributed by atoms with Crippen LogP contribution >= 0.6 is 0 Å². The average molecular weight is 308 g/mol. The van der Waals surface area contributed by atoms with Gasteiger partial charge in [0.15, 0.2) is 6.61 Å². The molecule has 0 bridgehead atoms. The number of rotatable bonds is 8. The number of methoxy groups -OCH3 is 1. The second kappa shape index (κ2) is 8.92. The predicted octanol–water partition coefficient (Wildman–Crippen LogP) is 1.45. The Morgan fingerprint density at radius 1 is 1.18 bits per heavy atom. The van der Waals surface area contributed by atoms with Gasteiger partial charge in [0.2, 0.25) is 5.91 Å². The van der Waals surface area contributed by atoms with Crippen molar-refractivity contribution in [3.8, 4) is 11.5 Å². The SMILES string of the molecule is CCN(CC(=O)NC(C)C)C(=O)COc1ccc(OC)cc1. The van der Waals surface area contributed by atoms with Crippen molar-refractivity contribution in [2.45, 2.75) is 26.8 Å².